The standard InChI is InChI=1S/C27H37N3.2BF4/c1-3-5-7-9-17-29-19-12-24(13-20-29)26-11-16-28-27(23-26)25-14-21-30(22-15-25)18-10-8-6-4-2;2*2-1(3,4)5/h11-16,19-23H,3-10,17-18H2,1-2H3;;/q+2;2*-1. The number of halogens is 8. The molecule has 0 unspecified atom stereocenters. The number of nitrogens with zero attached hydrogens (tertiary/aromatic N) is 3. The van der Waals surface area contributed by atoms with Crippen LogP contribution < -0.4 is 9.13 Å². The first-order valence-corrected chi connectivity index (χ1v) is 13.5. The van der Waals surface area contributed by atoms with Gasteiger partial charge in [-0.3, -0.25) is 4.98 Å². The van der Waals surface area contributed by atoms with E-state index < -0.39 is 14.5 Å². The second kappa shape index (κ2) is 18.4. The summed E-state index contributed by atoms with van der Waals surface area (Å²) in [4.78, 5) is 4.61. The van der Waals surface area contributed by atoms with Gasteiger partial charge in [-0.25, -0.2) is 9.13 Å². The molecule has 0 N–H and O–H groups in total. The molecule has 0 saturated heterocycles. The minimum Gasteiger partial charge on any atom is -0.418 e. The van der Waals surface area contributed by atoms with Crippen LogP contribution in [-0.4, -0.2) is 19.5 Å². The average Bonchev–Trinajstić information content (AvgIpc) is 2.88. The Kier molecular flexibility index (Phi) is 16.1. The maximum Gasteiger partial charge on any atom is 0.673 e. The molecule has 3 aromatic rings. The average molecular weight is 577 g/mol. The zero-order valence-corrected chi connectivity index (χ0v) is 22.9. The number of aryl methyl sites for hydroxylation is 2. The zero-order chi connectivity index (χ0) is 30.0. The molecular formula is C27H37B2F8N3. The first-order valence-electron chi connectivity index (χ1n) is 13.5. The Morgan fingerprint density at radius 3 is 1.35 bits per heavy atom. The molecule has 0 fully saturated rings. The summed E-state index contributed by atoms with van der Waals surface area (Å²) in [6.07, 6.45) is 21.0. The van der Waals surface area contributed by atoms with E-state index in [4.69, 9.17) is 0 Å². The van der Waals surface area contributed by atoms with Crippen molar-refractivity contribution in [2.45, 2.75) is 78.3 Å². The van der Waals surface area contributed by atoms with Crippen molar-refractivity contribution in [2.24, 2.45) is 0 Å². The first-order chi connectivity index (χ1) is 18.8. The van der Waals surface area contributed by atoms with Gasteiger partial charge < -0.3 is 34.5 Å². The SMILES string of the molecule is CCCCCC[n+]1ccc(-c2ccnc(-c3cc[n+](CCCCCC)cc3)c2)cc1.F[B-](F)(F)F.F[B-](F)(F)F. The summed E-state index contributed by atoms with van der Waals surface area (Å²) in [6.45, 7) is 6.71. The first kappa shape index (κ1) is 35.0. The molecule has 0 amide bonds. The van der Waals surface area contributed by atoms with Gasteiger partial charge in [0.05, 0.1) is 5.69 Å². The number of aromatic nitrogens is 3. The van der Waals surface area contributed by atoms with Gasteiger partial charge in [0.15, 0.2) is 24.8 Å². The fourth-order valence-electron chi connectivity index (χ4n) is 3.79. The smallest absolute Gasteiger partial charge is 0.418 e. The fourth-order valence-corrected chi connectivity index (χ4v) is 3.79. The quantitative estimate of drug-likeness (QED) is 0.0913. The molecule has 3 heterocycles. The molecule has 0 aromatic carbocycles. The summed E-state index contributed by atoms with van der Waals surface area (Å²) in [5.41, 5.74) is 4.66. The predicted molar refractivity (Wildman–Crippen MR) is 144 cm³/mol. The summed E-state index contributed by atoms with van der Waals surface area (Å²) in [6, 6.07) is 13.1. The van der Waals surface area contributed by atoms with Crippen molar-refractivity contribution < 1.29 is 43.7 Å². The largest absolute Gasteiger partial charge is 0.673 e. The lowest BCUT2D eigenvalue weighted by molar-refractivity contribution is -0.697. The van der Waals surface area contributed by atoms with Crippen LogP contribution >= 0.6 is 0 Å². The van der Waals surface area contributed by atoms with Crippen LogP contribution in [0.1, 0.15) is 65.2 Å². The molecule has 0 aliphatic rings. The highest BCUT2D eigenvalue weighted by Gasteiger charge is 2.21. The molecule has 0 bridgehead atoms. The van der Waals surface area contributed by atoms with Gasteiger partial charge in [-0.2, -0.15) is 0 Å². The number of hydrogen-bond acceptors (Lipinski definition) is 1. The number of pyridine rings is 3. The summed E-state index contributed by atoms with van der Waals surface area (Å²) in [5, 5.41) is 0. The number of unbranched alkanes of at least 4 members (excludes halogenated alkanes) is 6. The predicted octanol–water partition coefficient (Wildman–Crippen LogP) is 8.75. The van der Waals surface area contributed by atoms with E-state index in [-0.39, 0.29) is 0 Å². The summed E-state index contributed by atoms with van der Waals surface area (Å²) < 4.78 is 82.6. The summed E-state index contributed by atoms with van der Waals surface area (Å²) in [5.74, 6) is 0. The molecule has 3 aromatic heterocycles. The van der Waals surface area contributed by atoms with Crippen molar-refractivity contribution in [2.75, 3.05) is 0 Å². The van der Waals surface area contributed by atoms with Gasteiger partial charge in [0, 0.05) is 48.9 Å². The van der Waals surface area contributed by atoms with Crippen LogP contribution in [0.25, 0.3) is 22.4 Å². The van der Waals surface area contributed by atoms with Crippen molar-refractivity contribution in [1.29, 1.82) is 0 Å². The normalized spacial score (nSPS) is 11.2. The van der Waals surface area contributed by atoms with Crippen LogP contribution in [0.5, 0.6) is 0 Å². The van der Waals surface area contributed by atoms with Crippen molar-refractivity contribution in [3.05, 3.63) is 67.4 Å². The van der Waals surface area contributed by atoms with Gasteiger partial charge in [0.25, 0.3) is 0 Å². The molecule has 40 heavy (non-hydrogen) atoms. The molecule has 3 rings (SSSR count). The van der Waals surface area contributed by atoms with E-state index >= 15 is 0 Å². The molecule has 222 valence electrons. The second-order valence-corrected chi connectivity index (χ2v) is 9.19. The highest BCUT2D eigenvalue weighted by atomic mass is 19.5. The highest BCUT2D eigenvalue weighted by molar-refractivity contribution is 6.50. The Hall–Kier alpha value is -2.98. The van der Waals surface area contributed by atoms with Crippen LogP contribution in [0, 0.1) is 0 Å². The van der Waals surface area contributed by atoms with Crippen molar-refractivity contribution >= 4 is 14.5 Å². The number of rotatable bonds is 12. The molecule has 3 nitrogen and oxygen atoms in total. The molecular weight excluding hydrogens is 540 g/mol. The summed E-state index contributed by atoms with van der Waals surface area (Å²) >= 11 is 0. The van der Waals surface area contributed by atoms with Gasteiger partial charge in [0.2, 0.25) is 0 Å². The van der Waals surface area contributed by atoms with E-state index in [0.717, 1.165) is 18.8 Å². The summed E-state index contributed by atoms with van der Waals surface area (Å²) in [7, 11) is -12.0. The Balaban J connectivity index is 0.000000686. The van der Waals surface area contributed by atoms with Crippen LogP contribution in [0.3, 0.4) is 0 Å². The minimum absolute atomic E-state index is 1.03. The van der Waals surface area contributed by atoms with Gasteiger partial charge >= 0.3 is 14.5 Å². The van der Waals surface area contributed by atoms with Gasteiger partial charge in [-0.15, -0.1) is 0 Å². The van der Waals surface area contributed by atoms with Crippen LogP contribution in [0.2, 0.25) is 0 Å². The van der Waals surface area contributed by atoms with Crippen LogP contribution in [0.15, 0.2) is 67.4 Å². The zero-order valence-electron chi connectivity index (χ0n) is 22.9. The Bertz CT molecular complexity index is 982. The van der Waals surface area contributed by atoms with E-state index in [1.807, 2.05) is 6.20 Å². The topological polar surface area (TPSA) is 20.6 Å². The van der Waals surface area contributed by atoms with E-state index in [2.05, 4.69) is 89.2 Å². The lowest BCUT2D eigenvalue weighted by atomic mass is 10.1. The van der Waals surface area contributed by atoms with Gasteiger partial charge in [0.1, 0.15) is 13.1 Å². The Morgan fingerprint density at radius 2 is 0.950 bits per heavy atom. The molecule has 0 atom stereocenters. The van der Waals surface area contributed by atoms with E-state index in [9.17, 15) is 34.5 Å². The van der Waals surface area contributed by atoms with Crippen molar-refractivity contribution in [3.8, 4) is 22.4 Å². The lowest BCUT2D eigenvalue weighted by Gasteiger charge is -2.05. The minimum atomic E-state index is -6.00. The maximum atomic E-state index is 9.75. The third-order valence-electron chi connectivity index (χ3n) is 5.71. The molecule has 0 spiro atoms. The third-order valence-corrected chi connectivity index (χ3v) is 5.71. The van der Waals surface area contributed by atoms with Crippen molar-refractivity contribution in [1.82, 2.24) is 4.98 Å². The molecule has 0 aliphatic carbocycles. The maximum absolute atomic E-state index is 9.75. The fraction of sp³-hybridized carbons (Fsp3) is 0.444. The van der Waals surface area contributed by atoms with Gasteiger partial charge in [-0.1, -0.05) is 39.5 Å². The van der Waals surface area contributed by atoms with E-state index in [0.29, 0.717) is 0 Å². The monoisotopic (exact) mass is 577 g/mol. The van der Waals surface area contributed by atoms with Crippen LogP contribution in [0.4, 0.5) is 34.5 Å². The van der Waals surface area contributed by atoms with Gasteiger partial charge in [-0.05, 0) is 36.1 Å². The Labute approximate surface area is 231 Å². The molecule has 0 saturated carbocycles. The Morgan fingerprint density at radius 1 is 0.550 bits per heavy atom. The highest BCUT2D eigenvalue weighted by Crippen LogP contribution is 2.23. The second-order valence-electron chi connectivity index (χ2n) is 9.19. The molecule has 13 heteroatoms. The van der Waals surface area contributed by atoms with E-state index in [1.54, 1.807) is 0 Å². The molecule has 0 radical (unpaired) electrons. The third kappa shape index (κ3) is 18.3. The van der Waals surface area contributed by atoms with Crippen molar-refractivity contribution in [3.63, 3.8) is 0 Å². The molecule has 0 aliphatic heterocycles. The van der Waals surface area contributed by atoms with Crippen LogP contribution in [-0.2, 0) is 13.1 Å². The number of hydrogen-bond donors (Lipinski definition) is 0. The lowest BCUT2D eigenvalue weighted by Crippen LogP contribution is -2.32. The van der Waals surface area contributed by atoms with E-state index in [1.165, 1.54) is 68.1 Å².